The predicted molar refractivity (Wildman–Crippen MR) is 111 cm³/mol. The first kappa shape index (κ1) is 20.9. The van der Waals surface area contributed by atoms with Gasteiger partial charge in [-0.2, -0.15) is 4.31 Å². The van der Waals surface area contributed by atoms with Crippen molar-refractivity contribution in [3.63, 3.8) is 0 Å². The van der Waals surface area contributed by atoms with Crippen molar-refractivity contribution in [1.29, 1.82) is 0 Å². The summed E-state index contributed by atoms with van der Waals surface area (Å²) in [5.74, 6) is 0. The summed E-state index contributed by atoms with van der Waals surface area (Å²) < 4.78 is 27.8. The minimum atomic E-state index is -3.88. The lowest BCUT2D eigenvalue weighted by molar-refractivity contribution is 0.231. The van der Waals surface area contributed by atoms with E-state index >= 15 is 0 Å². The van der Waals surface area contributed by atoms with Gasteiger partial charge in [-0.15, -0.1) is 0 Å². The minimum absolute atomic E-state index is 0.0843. The Bertz CT molecular complexity index is 918. The molecule has 0 saturated carbocycles. The van der Waals surface area contributed by atoms with E-state index < -0.39 is 10.0 Å². The molecular weight excluding hydrogens is 421 g/mol. The summed E-state index contributed by atoms with van der Waals surface area (Å²) >= 11 is 12.3. The van der Waals surface area contributed by atoms with Gasteiger partial charge in [-0.3, -0.25) is 0 Å². The van der Waals surface area contributed by atoms with Gasteiger partial charge in [0.1, 0.15) is 4.90 Å². The lowest BCUT2D eigenvalue weighted by atomic mass is 10.1. The molecule has 2 aromatic carbocycles. The molecule has 0 aromatic heterocycles. The number of amides is 2. The van der Waals surface area contributed by atoms with Gasteiger partial charge in [-0.05, 0) is 37.1 Å². The SMILES string of the molecule is O=C(NCC1CCCCN1S(=O)(=O)c1c(Cl)cccc1Cl)Nc1ccccc1. The third-order valence-corrected chi connectivity index (χ3v) is 7.50. The third kappa shape index (κ3) is 4.78. The van der Waals surface area contributed by atoms with Gasteiger partial charge in [0.05, 0.1) is 10.0 Å². The van der Waals surface area contributed by atoms with E-state index in [-0.39, 0.29) is 33.6 Å². The van der Waals surface area contributed by atoms with Crippen molar-refractivity contribution in [1.82, 2.24) is 9.62 Å². The van der Waals surface area contributed by atoms with Crippen LogP contribution < -0.4 is 10.6 Å². The number of nitrogens with zero attached hydrogens (tertiary/aromatic N) is 1. The van der Waals surface area contributed by atoms with Crippen molar-refractivity contribution >= 4 is 44.9 Å². The first-order chi connectivity index (χ1) is 13.4. The summed E-state index contributed by atoms with van der Waals surface area (Å²) in [4.78, 5) is 12.1. The van der Waals surface area contributed by atoms with E-state index in [4.69, 9.17) is 23.2 Å². The predicted octanol–water partition coefficient (Wildman–Crippen LogP) is 4.36. The number of halogens is 2. The van der Waals surface area contributed by atoms with Gasteiger partial charge in [-0.25, -0.2) is 13.2 Å². The molecule has 0 aliphatic carbocycles. The maximum atomic E-state index is 13.2. The summed E-state index contributed by atoms with van der Waals surface area (Å²) in [5, 5.41) is 5.67. The fourth-order valence-electron chi connectivity index (χ4n) is 3.25. The number of hydrogen-bond acceptors (Lipinski definition) is 3. The molecule has 3 rings (SSSR count). The first-order valence-corrected chi connectivity index (χ1v) is 11.1. The van der Waals surface area contributed by atoms with E-state index in [9.17, 15) is 13.2 Å². The van der Waals surface area contributed by atoms with Crippen molar-refractivity contribution < 1.29 is 13.2 Å². The second kappa shape index (κ2) is 9.13. The zero-order chi connectivity index (χ0) is 20.1. The number of benzene rings is 2. The standard InChI is InChI=1S/C19H21Cl2N3O3S/c20-16-10-6-11-17(21)18(16)28(26,27)24-12-5-4-9-15(24)13-22-19(25)23-14-7-2-1-3-8-14/h1-3,6-8,10-11,15H,4-5,9,12-13H2,(H2,22,23,25). The van der Waals surface area contributed by atoms with Gasteiger partial charge in [-0.1, -0.05) is 53.9 Å². The van der Waals surface area contributed by atoms with E-state index in [1.54, 1.807) is 18.2 Å². The second-order valence-corrected chi connectivity index (χ2v) is 9.16. The van der Waals surface area contributed by atoms with Crippen LogP contribution in [0.25, 0.3) is 0 Å². The number of nitrogens with one attached hydrogen (secondary N) is 2. The summed E-state index contributed by atoms with van der Waals surface area (Å²) in [6.07, 6.45) is 2.27. The first-order valence-electron chi connectivity index (χ1n) is 8.95. The molecule has 150 valence electrons. The van der Waals surface area contributed by atoms with Crippen LogP contribution in [0.5, 0.6) is 0 Å². The number of piperidine rings is 1. The van der Waals surface area contributed by atoms with Gasteiger partial charge < -0.3 is 10.6 Å². The summed E-state index contributed by atoms with van der Waals surface area (Å²) in [7, 11) is -3.88. The molecule has 0 spiro atoms. The molecule has 2 aromatic rings. The van der Waals surface area contributed by atoms with Gasteiger partial charge in [0.2, 0.25) is 10.0 Å². The Morgan fingerprint density at radius 3 is 2.39 bits per heavy atom. The molecule has 2 N–H and O–H groups in total. The van der Waals surface area contributed by atoms with E-state index in [2.05, 4.69) is 10.6 Å². The fourth-order valence-corrected chi connectivity index (χ4v) is 6.04. The number of para-hydroxylation sites is 1. The van der Waals surface area contributed by atoms with Crippen molar-refractivity contribution in [2.75, 3.05) is 18.4 Å². The normalized spacial score (nSPS) is 17.9. The van der Waals surface area contributed by atoms with Gasteiger partial charge in [0.25, 0.3) is 0 Å². The highest BCUT2D eigenvalue weighted by molar-refractivity contribution is 7.89. The number of anilines is 1. The van der Waals surface area contributed by atoms with Crippen LogP contribution in [0.15, 0.2) is 53.4 Å². The van der Waals surface area contributed by atoms with Crippen LogP contribution in [-0.4, -0.2) is 37.9 Å². The number of sulfonamides is 1. The molecule has 1 aliphatic heterocycles. The summed E-state index contributed by atoms with van der Waals surface area (Å²) in [5.41, 5.74) is 0.663. The van der Waals surface area contributed by atoms with Crippen LogP contribution in [0.3, 0.4) is 0 Å². The third-order valence-electron chi connectivity index (χ3n) is 4.59. The van der Waals surface area contributed by atoms with E-state index in [0.717, 1.165) is 12.8 Å². The highest BCUT2D eigenvalue weighted by Crippen LogP contribution is 2.34. The average Bonchev–Trinajstić information content (AvgIpc) is 2.67. The fraction of sp³-hybridized carbons (Fsp3) is 0.316. The Kier molecular flexibility index (Phi) is 6.82. The molecule has 0 bridgehead atoms. The zero-order valence-corrected chi connectivity index (χ0v) is 17.4. The van der Waals surface area contributed by atoms with Crippen LogP contribution in [-0.2, 0) is 10.0 Å². The maximum absolute atomic E-state index is 13.2. The molecular formula is C19H21Cl2N3O3S. The summed E-state index contributed by atoms with van der Waals surface area (Å²) in [6.45, 7) is 0.552. The number of rotatable bonds is 5. The monoisotopic (exact) mass is 441 g/mol. The van der Waals surface area contributed by atoms with Crippen LogP contribution >= 0.6 is 23.2 Å². The highest BCUT2D eigenvalue weighted by Gasteiger charge is 2.36. The topological polar surface area (TPSA) is 78.5 Å². The number of carbonyl (C=O) groups excluding carboxylic acids is 1. The van der Waals surface area contributed by atoms with Crippen molar-refractivity contribution in [2.45, 2.75) is 30.2 Å². The lowest BCUT2D eigenvalue weighted by Gasteiger charge is -2.35. The maximum Gasteiger partial charge on any atom is 0.319 e. The lowest BCUT2D eigenvalue weighted by Crippen LogP contribution is -2.49. The molecule has 2 amide bonds. The Labute approximate surface area is 174 Å². The number of urea groups is 1. The van der Waals surface area contributed by atoms with Crippen molar-refractivity contribution in [2.24, 2.45) is 0 Å². The molecule has 6 nitrogen and oxygen atoms in total. The molecule has 1 atom stereocenters. The molecule has 1 saturated heterocycles. The van der Waals surface area contributed by atoms with E-state index in [0.29, 0.717) is 18.7 Å². The van der Waals surface area contributed by atoms with Gasteiger partial charge >= 0.3 is 6.03 Å². The molecule has 0 radical (unpaired) electrons. The van der Waals surface area contributed by atoms with Crippen LogP contribution in [0.4, 0.5) is 10.5 Å². The molecule has 1 aliphatic rings. The quantitative estimate of drug-likeness (QED) is 0.723. The number of carbonyl (C=O) groups is 1. The molecule has 28 heavy (non-hydrogen) atoms. The second-order valence-electron chi connectivity index (χ2n) is 6.52. The van der Waals surface area contributed by atoms with Gasteiger partial charge in [0, 0.05) is 24.8 Å². The van der Waals surface area contributed by atoms with Crippen molar-refractivity contribution in [3.8, 4) is 0 Å². The average molecular weight is 442 g/mol. The zero-order valence-electron chi connectivity index (χ0n) is 15.1. The largest absolute Gasteiger partial charge is 0.336 e. The minimum Gasteiger partial charge on any atom is -0.336 e. The van der Waals surface area contributed by atoms with Crippen LogP contribution in [0, 0.1) is 0 Å². The number of hydrogen-bond donors (Lipinski definition) is 2. The smallest absolute Gasteiger partial charge is 0.319 e. The Hall–Kier alpha value is -1.80. The molecule has 9 heteroatoms. The Morgan fingerprint density at radius 1 is 1.04 bits per heavy atom. The molecule has 1 fully saturated rings. The van der Waals surface area contributed by atoms with E-state index in [1.807, 2.05) is 18.2 Å². The van der Waals surface area contributed by atoms with E-state index in [1.165, 1.54) is 16.4 Å². The van der Waals surface area contributed by atoms with Crippen molar-refractivity contribution in [3.05, 3.63) is 58.6 Å². The molecule has 1 heterocycles. The Balaban J connectivity index is 1.72. The van der Waals surface area contributed by atoms with Gasteiger partial charge in [0.15, 0.2) is 0 Å². The highest BCUT2D eigenvalue weighted by atomic mass is 35.5. The Morgan fingerprint density at radius 2 is 1.71 bits per heavy atom. The molecule has 1 unspecified atom stereocenters. The van der Waals surface area contributed by atoms with Crippen LogP contribution in [0.1, 0.15) is 19.3 Å². The van der Waals surface area contributed by atoms with Crippen LogP contribution in [0.2, 0.25) is 10.0 Å². The summed E-state index contributed by atoms with van der Waals surface area (Å²) in [6, 6.07) is 12.9.